The van der Waals surface area contributed by atoms with Crippen molar-refractivity contribution in [3.05, 3.63) is 88.2 Å². The molecule has 144 valence electrons. The Labute approximate surface area is 168 Å². The minimum absolute atomic E-state index is 0.355. The maximum atomic E-state index is 13.8. The molecule has 0 atom stereocenters. The minimum Gasteiger partial charge on any atom is -0.498 e. The molecule has 0 N–H and O–H groups in total. The number of aliphatic imine (C=N–C) groups is 1. The topological polar surface area (TPSA) is 21.6 Å². The number of allylic oxidation sites excluding steroid dienone is 3. The molecule has 1 aliphatic rings. The third-order valence-electron chi connectivity index (χ3n) is 4.15. The number of ether oxygens (including phenoxy) is 1. The summed E-state index contributed by atoms with van der Waals surface area (Å²) in [7, 11) is 0. The van der Waals surface area contributed by atoms with E-state index in [2.05, 4.69) is 5.73 Å². The zero-order chi connectivity index (χ0) is 19.9. The summed E-state index contributed by atoms with van der Waals surface area (Å²) >= 11 is 1.17. The predicted molar refractivity (Wildman–Crippen MR) is 111 cm³/mol. The molecule has 0 saturated heterocycles. The van der Waals surface area contributed by atoms with E-state index in [-0.39, 0.29) is 0 Å². The van der Waals surface area contributed by atoms with Gasteiger partial charge >= 0.3 is 0 Å². The summed E-state index contributed by atoms with van der Waals surface area (Å²) in [5, 5.41) is 1.69. The van der Waals surface area contributed by atoms with Crippen molar-refractivity contribution >= 4 is 23.2 Å². The van der Waals surface area contributed by atoms with Gasteiger partial charge in [-0.2, -0.15) is 0 Å². The van der Waals surface area contributed by atoms with Crippen molar-refractivity contribution in [1.29, 1.82) is 0 Å². The Morgan fingerprint density at radius 3 is 2.64 bits per heavy atom. The Morgan fingerprint density at radius 1 is 1.14 bits per heavy atom. The second-order valence-corrected chi connectivity index (χ2v) is 7.22. The quantitative estimate of drug-likeness (QED) is 0.405. The molecule has 28 heavy (non-hydrogen) atoms. The summed E-state index contributed by atoms with van der Waals surface area (Å²) in [6, 6.07) is 11.5. The highest BCUT2D eigenvalue weighted by Crippen LogP contribution is 2.27. The zero-order valence-corrected chi connectivity index (χ0v) is 16.7. The minimum atomic E-state index is -0.586. The number of aryl methyl sites for hydroxylation is 1. The first-order valence-electron chi connectivity index (χ1n) is 9.10. The van der Waals surface area contributed by atoms with Crippen LogP contribution in [0.2, 0.25) is 0 Å². The van der Waals surface area contributed by atoms with Crippen LogP contribution < -0.4 is 0 Å². The summed E-state index contributed by atoms with van der Waals surface area (Å²) in [5.41, 5.74) is 6.96. The third kappa shape index (κ3) is 5.44. The van der Waals surface area contributed by atoms with Gasteiger partial charge in [0.15, 0.2) is 0 Å². The number of hydrogen-bond donors (Lipinski definition) is 0. The largest absolute Gasteiger partial charge is 0.498 e. The van der Waals surface area contributed by atoms with Crippen molar-refractivity contribution in [3.63, 3.8) is 0 Å². The van der Waals surface area contributed by atoms with E-state index in [0.29, 0.717) is 11.5 Å². The van der Waals surface area contributed by atoms with Crippen LogP contribution in [0.1, 0.15) is 25.3 Å². The molecule has 0 bridgehead atoms. The number of halogens is 2. The summed E-state index contributed by atoms with van der Waals surface area (Å²) < 4.78 is 32.5. The molecule has 0 unspecified atom stereocenters. The first-order valence-corrected chi connectivity index (χ1v) is 9.98. The Hall–Kier alpha value is -2.62. The molecule has 0 aliphatic heterocycles. The SMILES string of the molecule is CCOC1=C/C(=N\c2ccc(C)cc2)C(=C=CSc2ccc(F)cc2F)CC1. The van der Waals surface area contributed by atoms with E-state index in [1.54, 1.807) is 5.41 Å². The molecule has 0 heterocycles. The van der Waals surface area contributed by atoms with Crippen molar-refractivity contribution in [1.82, 2.24) is 0 Å². The van der Waals surface area contributed by atoms with Crippen LogP contribution in [0.15, 0.2) is 80.9 Å². The standard InChI is InChI=1S/C23H21F2NOS/c1-3-27-20-10-6-17(12-13-28-23-11-7-18(24)14-21(23)25)22(15-20)26-19-8-4-16(2)5-9-19/h4-5,7-9,11,13-15H,3,6,10H2,1-2H3/b26-22+. The number of rotatable bonds is 5. The molecule has 0 fully saturated rings. The monoisotopic (exact) mass is 397 g/mol. The molecule has 0 spiro atoms. The van der Waals surface area contributed by atoms with Crippen LogP contribution in [0, 0.1) is 18.6 Å². The van der Waals surface area contributed by atoms with Crippen molar-refractivity contribution in [2.75, 3.05) is 6.61 Å². The number of benzene rings is 2. The Kier molecular flexibility index (Phi) is 6.85. The predicted octanol–water partition coefficient (Wildman–Crippen LogP) is 6.89. The fourth-order valence-corrected chi connectivity index (χ4v) is 3.37. The van der Waals surface area contributed by atoms with E-state index >= 15 is 0 Å². The van der Waals surface area contributed by atoms with Crippen LogP contribution in [-0.4, -0.2) is 12.3 Å². The van der Waals surface area contributed by atoms with Gasteiger partial charge in [-0.1, -0.05) is 29.5 Å². The molecule has 0 amide bonds. The highest BCUT2D eigenvalue weighted by Gasteiger charge is 2.15. The van der Waals surface area contributed by atoms with E-state index < -0.39 is 11.6 Å². The number of nitrogens with zero attached hydrogens (tertiary/aromatic N) is 1. The van der Waals surface area contributed by atoms with Gasteiger partial charge in [-0.05, 0) is 44.5 Å². The fourth-order valence-electron chi connectivity index (χ4n) is 2.73. The molecule has 3 rings (SSSR count). The van der Waals surface area contributed by atoms with Crippen molar-refractivity contribution in [2.45, 2.75) is 31.6 Å². The van der Waals surface area contributed by atoms with Gasteiger partial charge in [0.2, 0.25) is 0 Å². The van der Waals surface area contributed by atoms with Gasteiger partial charge in [-0.3, -0.25) is 0 Å². The molecule has 5 heteroatoms. The Bertz CT molecular complexity index is 971. The number of hydrogen-bond acceptors (Lipinski definition) is 3. The lowest BCUT2D eigenvalue weighted by Gasteiger charge is -2.16. The van der Waals surface area contributed by atoms with E-state index in [9.17, 15) is 8.78 Å². The van der Waals surface area contributed by atoms with Crippen LogP contribution in [-0.2, 0) is 4.74 Å². The van der Waals surface area contributed by atoms with Gasteiger partial charge in [0.05, 0.1) is 23.8 Å². The van der Waals surface area contributed by atoms with Gasteiger partial charge in [-0.15, -0.1) is 5.73 Å². The number of thioether (sulfide) groups is 1. The van der Waals surface area contributed by atoms with Crippen LogP contribution >= 0.6 is 11.8 Å². The molecule has 1 aliphatic carbocycles. The molecule has 2 aromatic carbocycles. The summed E-state index contributed by atoms with van der Waals surface area (Å²) in [6.45, 7) is 4.60. The van der Waals surface area contributed by atoms with Crippen LogP contribution in [0.5, 0.6) is 0 Å². The fraction of sp³-hybridized carbons (Fsp3) is 0.217. The second kappa shape index (κ2) is 9.54. The van der Waals surface area contributed by atoms with Crippen LogP contribution in [0.4, 0.5) is 14.5 Å². The molecule has 0 aromatic heterocycles. The van der Waals surface area contributed by atoms with E-state index in [1.807, 2.05) is 44.2 Å². The highest BCUT2D eigenvalue weighted by atomic mass is 32.2. The van der Waals surface area contributed by atoms with E-state index in [4.69, 9.17) is 9.73 Å². The molecule has 2 nitrogen and oxygen atoms in total. The van der Waals surface area contributed by atoms with Gasteiger partial charge in [0.25, 0.3) is 0 Å². The zero-order valence-electron chi connectivity index (χ0n) is 15.8. The molecular weight excluding hydrogens is 376 g/mol. The lowest BCUT2D eigenvalue weighted by atomic mass is 9.98. The van der Waals surface area contributed by atoms with E-state index in [1.165, 1.54) is 29.5 Å². The van der Waals surface area contributed by atoms with Crippen molar-refractivity contribution in [2.24, 2.45) is 4.99 Å². The third-order valence-corrected chi connectivity index (χ3v) is 4.98. The smallest absolute Gasteiger partial charge is 0.140 e. The summed E-state index contributed by atoms with van der Waals surface area (Å²) in [5.74, 6) is -0.266. The Morgan fingerprint density at radius 2 is 1.93 bits per heavy atom. The first-order chi connectivity index (χ1) is 13.5. The molecular formula is C23H21F2NOS. The average molecular weight is 397 g/mol. The summed E-state index contributed by atoms with van der Waals surface area (Å²) in [6.07, 6.45) is 3.44. The average Bonchev–Trinajstić information content (AvgIpc) is 2.67. The lowest BCUT2D eigenvalue weighted by Crippen LogP contribution is -2.09. The molecule has 2 aromatic rings. The lowest BCUT2D eigenvalue weighted by molar-refractivity contribution is 0.218. The van der Waals surface area contributed by atoms with Gasteiger partial charge in [0.1, 0.15) is 11.6 Å². The first kappa shape index (κ1) is 20.1. The van der Waals surface area contributed by atoms with Gasteiger partial charge < -0.3 is 4.74 Å². The normalized spacial score (nSPS) is 15.2. The molecule has 0 saturated carbocycles. The van der Waals surface area contributed by atoms with Gasteiger partial charge in [-0.25, -0.2) is 13.8 Å². The molecule has 0 radical (unpaired) electrons. The van der Waals surface area contributed by atoms with E-state index in [0.717, 1.165) is 41.6 Å². The van der Waals surface area contributed by atoms with Gasteiger partial charge in [0, 0.05) is 34.4 Å². The van der Waals surface area contributed by atoms with Crippen molar-refractivity contribution in [3.8, 4) is 0 Å². The van der Waals surface area contributed by atoms with Crippen molar-refractivity contribution < 1.29 is 13.5 Å². The van der Waals surface area contributed by atoms with Crippen LogP contribution in [0.25, 0.3) is 0 Å². The Balaban J connectivity index is 1.90. The summed E-state index contributed by atoms with van der Waals surface area (Å²) in [4.78, 5) is 5.09. The maximum absolute atomic E-state index is 13.8. The highest BCUT2D eigenvalue weighted by molar-refractivity contribution is 8.02. The maximum Gasteiger partial charge on any atom is 0.140 e. The second-order valence-electron chi connectivity index (χ2n) is 6.31. The van der Waals surface area contributed by atoms with Crippen LogP contribution in [0.3, 0.4) is 0 Å².